The molecule has 0 saturated carbocycles. The zero-order chi connectivity index (χ0) is 32.4. The van der Waals surface area contributed by atoms with Crippen LogP contribution in [0.5, 0.6) is 0 Å². The van der Waals surface area contributed by atoms with Gasteiger partial charge in [0.25, 0.3) is 5.91 Å². The van der Waals surface area contributed by atoms with Crippen LogP contribution in [-0.4, -0.2) is 45.5 Å². The first-order valence-corrected chi connectivity index (χ1v) is 16.9. The summed E-state index contributed by atoms with van der Waals surface area (Å²) in [6, 6.07) is 11.4. The molecular formula is C33H33F3N4O5S. The quantitative estimate of drug-likeness (QED) is 0.245. The number of nitrogens with zero attached hydrogens (tertiary/aromatic N) is 3. The Morgan fingerprint density at radius 3 is 2.37 bits per heavy atom. The fraction of sp³-hybridized carbons (Fsp3) is 0.394. The maximum atomic E-state index is 14.6. The number of hydrogen-bond acceptors (Lipinski definition) is 6. The number of halogens is 3. The van der Waals surface area contributed by atoms with E-state index in [0.717, 1.165) is 18.4 Å². The van der Waals surface area contributed by atoms with Gasteiger partial charge in [0.05, 0.1) is 0 Å². The normalized spacial score (nSPS) is 23.2. The van der Waals surface area contributed by atoms with Gasteiger partial charge in [-0.2, -0.15) is 4.31 Å². The number of hydrogen-bond donors (Lipinski definition) is 2. The molecule has 0 radical (unpaired) electrons. The molecular weight excluding hydrogens is 621 g/mol. The van der Waals surface area contributed by atoms with E-state index in [4.69, 9.17) is 4.52 Å². The predicted octanol–water partition coefficient (Wildman–Crippen LogP) is 6.05. The van der Waals surface area contributed by atoms with Crippen molar-refractivity contribution in [2.75, 3.05) is 5.32 Å². The molecule has 13 heteroatoms. The van der Waals surface area contributed by atoms with Crippen LogP contribution in [0.4, 0.5) is 18.9 Å². The zero-order valence-electron chi connectivity index (χ0n) is 25.1. The van der Waals surface area contributed by atoms with Crippen LogP contribution in [0.25, 0.3) is 11.3 Å². The Kier molecular flexibility index (Phi) is 7.60. The van der Waals surface area contributed by atoms with Crippen molar-refractivity contribution in [1.29, 1.82) is 0 Å². The molecule has 2 aromatic heterocycles. The maximum Gasteiger partial charge on any atom is 0.272 e. The molecule has 1 amide bonds. The Morgan fingerprint density at radius 1 is 1.02 bits per heavy atom. The lowest BCUT2D eigenvalue weighted by Crippen LogP contribution is -2.52. The molecule has 2 aromatic carbocycles. The Hall–Kier alpha value is -3.94. The Labute approximate surface area is 264 Å². The number of aliphatic hydroxyl groups is 1. The van der Waals surface area contributed by atoms with Crippen molar-refractivity contribution >= 4 is 21.6 Å². The van der Waals surface area contributed by atoms with E-state index in [-0.39, 0.29) is 34.7 Å². The lowest BCUT2D eigenvalue weighted by Gasteiger charge is -2.42. The molecule has 2 fully saturated rings. The average molecular weight is 655 g/mol. The number of nitrogens with one attached hydrogen (secondary N) is 1. The highest BCUT2D eigenvalue weighted by atomic mass is 32.2. The van der Waals surface area contributed by atoms with E-state index in [9.17, 15) is 31.5 Å². The van der Waals surface area contributed by atoms with Crippen molar-refractivity contribution in [2.24, 2.45) is 0 Å². The van der Waals surface area contributed by atoms with E-state index in [2.05, 4.69) is 10.5 Å². The Bertz CT molecular complexity index is 1900. The number of rotatable bonds is 6. The molecule has 46 heavy (non-hydrogen) atoms. The average Bonchev–Trinajstić information content (AvgIpc) is 3.65. The third-order valence-electron chi connectivity index (χ3n) is 9.59. The minimum absolute atomic E-state index is 0.0613. The lowest BCUT2D eigenvalue weighted by molar-refractivity contribution is -0.0393. The number of aromatic nitrogens is 2. The van der Waals surface area contributed by atoms with Crippen LogP contribution in [0.3, 0.4) is 0 Å². The molecule has 0 spiro atoms. The van der Waals surface area contributed by atoms with E-state index in [1.165, 1.54) is 4.31 Å². The summed E-state index contributed by atoms with van der Waals surface area (Å²) < 4.78 is 79.4. The summed E-state index contributed by atoms with van der Waals surface area (Å²) in [6.07, 6.45) is 4.08. The molecule has 242 valence electrons. The number of piperidine rings is 1. The van der Waals surface area contributed by atoms with Gasteiger partial charge < -0.3 is 19.5 Å². The Morgan fingerprint density at radius 2 is 1.70 bits per heavy atom. The topological polar surface area (TPSA) is 118 Å². The second kappa shape index (κ2) is 11.4. The van der Waals surface area contributed by atoms with Crippen LogP contribution in [0.2, 0.25) is 0 Å². The standard InChI is InChI=1S/C33H33F3N4O5S/c1-19-30(32(41)37-21-14-24(34)29(36)25(35)15-21)39-13-7-3-6-10-26(39)31(19)46(43,44)40-22-11-12-23(40)18-33(42,17-22)28-16-27(45-38-28)20-8-4-2-5-9-20/h2,4-5,8-9,14-16,22-23,42H,3,6-7,10-13,17-18H2,1H3,(H,37,41). The fourth-order valence-corrected chi connectivity index (χ4v) is 9.95. The molecule has 0 aliphatic carbocycles. The fourth-order valence-electron chi connectivity index (χ4n) is 7.60. The largest absolute Gasteiger partial charge is 0.383 e. The molecule has 3 aliphatic heterocycles. The van der Waals surface area contributed by atoms with Gasteiger partial charge in [-0.15, -0.1) is 0 Å². The molecule has 2 N–H and O–H groups in total. The van der Waals surface area contributed by atoms with E-state index in [0.29, 0.717) is 61.5 Å². The van der Waals surface area contributed by atoms with Crippen LogP contribution < -0.4 is 5.32 Å². The number of carbonyl (C=O) groups is 1. The van der Waals surface area contributed by atoms with Crippen LogP contribution in [0.1, 0.15) is 72.4 Å². The monoisotopic (exact) mass is 654 g/mol. The zero-order valence-corrected chi connectivity index (χ0v) is 25.9. The van der Waals surface area contributed by atoms with E-state index < -0.39 is 51.1 Å². The third kappa shape index (κ3) is 5.05. The number of amides is 1. The number of sulfonamides is 1. The third-order valence-corrected chi connectivity index (χ3v) is 11.8. The summed E-state index contributed by atoms with van der Waals surface area (Å²) in [5, 5.41) is 18.4. The van der Waals surface area contributed by atoms with Gasteiger partial charge in [0.2, 0.25) is 10.0 Å². The van der Waals surface area contributed by atoms with Crippen LogP contribution in [0.15, 0.2) is 57.9 Å². The van der Waals surface area contributed by atoms with Gasteiger partial charge in [0.15, 0.2) is 23.2 Å². The van der Waals surface area contributed by atoms with Gasteiger partial charge in [0, 0.05) is 59.3 Å². The molecule has 2 bridgehead atoms. The van der Waals surface area contributed by atoms with Crippen molar-refractivity contribution in [3.05, 3.63) is 88.6 Å². The van der Waals surface area contributed by atoms with Gasteiger partial charge in [-0.3, -0.25) is 4.79 Å². The highest BCUT2D eigenvalue weighted by Gasteiger charge is 2.55. The highest BCUT2D eigenvalue weighted by molar-refractivity contribution is 7.89. The van der Waals surface area contributed by atoms with Gasteiger partial charge in [-0.1, -0.05) is 41.9 Å². The second-order valence-electron chi connectivity index (χ2n) is 12.5. The van der Waals surface area contributed by atoms with Gasteiger partial charge in [-0.05, 0) is 51.9 Å². The minimum Gasteiger partial charge on any atom is -0.383 e. The predicted molar refractivity (Wildman–Crippen MR) is 162 cm³/mol. The molecule has 5 heterocycles. The van der Waals surface area contributed by atoms with Gasteiger partial charge >= 0.3 is 0 Å². The summed E-state index contributed by atoms with van der Waals surface area (Å²) in [5.41, 5.74) is 0.339. The van der Waals surface area contributed by atoms with Crippen molar-refractivity contribution < 1.29 is 36.0 Å². The van der Waals surface area contributed by atoms with Crippen molar-refractivity contribution in [2.45, 2.75) is 87.4 Å². The molecule has 7 rings (SSSR count). The SMILES string of the molecule is Cc1c(S(=O)(=O)N2C3CCC2CC(O)(c2cc(-c4ccccc4)on2)C3)c2n(c1C(=O)Nc1cc(F)c(F)c(F)c1)CCCCC2. The van der Waals surface area contributed by atoms with Gasteiger partial charge in [0.1, 0.15) is 21.9 Å². The van der Waals surface area contributed by atoms with Gasteiger partial charge in [-0.25, -0.2) is 21.6 Å². The van der Waals surface area contributed by atoms with Crippen LogP contribution >= 0.6 is 0 Å². The molecule has 3 aliphatic rings. The summed E-state index contributed by atoms with van der Waals surface area (Å²) in [6.45, 7) is 1.96. The first-order chi connectivity index (χ1) is 22.0. The van der Waals surface area contributed by atoms with E-state index >= 15 is 0 Å². The highest BCUT2D eigenvalue weighted by Crippen LogP contribution is 2.49. The number of carbonyl (C=O) groups excluding carboxylic acids is 1. The lowest BCUT2D eigenvalue weighted by atomic mass is 9.84. The minimum atomic E-state index is -4.15. The summed E-state index contributed by atoms with van der Waals surface area (Å²) in [4.78, 5) is 13.7. The van der Waals surface area contributed by atoms with Crippen molar-refractivity contribution in [1.82, 2.24) is 14.0 Å². The first-order valence-electron chi connectivity index (χ1n) is 15.4. The number of fused-ring (bicyclic) bond motifs is 3. The van der Waals surface area contributed by atoms with Crippen LogP contribution in [0, 0.1) is 24.4 Å². The van der Waals surface area contributed by atoms with Crippen LogP contribution in [-0.2, 0) is 28.6 Å². The number of anilines is 1. The second-order valence-corrected chi connectivity index (χ2v) is 14.3. The molecule has 9 nitrogen and oxygen atoms in total. The van der Waals surface area contributed by atoms with Crippen molar-refractivity contribution in [3.8, 4) is 11.3 Å². The van der Waals surface area contributed by atoms with E-state index in [1.54, 1.807) is 17.6 Å². The van der Waals surface area contributed by atoms with E-state index in [1.807, 2.05) is 30.3 Å². The smallest absolute Gasteiger partial charge is 0.272 e. The summed E-state index contributed by atoms with van der Waals surface area (Å²) >= 11 is 0. The first kappa shape index (κ1) is 30.7. The molecule has 2 saturated heterocycles. The maximum absolute atomic E-state index is 14.6. The summed E-state index contributed by atoms with van der Waals surface area (Å²) in [7, 11) is -4.15. The molecule has 2 atom stereocenters. The van der Waals surface area contributed by atoms with Crippen molar-refractivity contribution in [3.63, 3.8) is 0 Å². The summed E-state index contributed by atoms with van der Waals surface area (Å²) in [5.74, 6) is -4.79. The Balaban J connectivity index is 1.22. The molecule has 4 aromatic rings. The number of benzene rings is 2. The molecule has 2 unspecified atom stereocenters.